The lowest BCUT2D eigenvalue weighted by Gasteiger charge is -2.41. The van der Waals surface area contributed by atoms with Crippen LogP contribution in [0.1, 0.15) is 44.4 Å². The minimum Gasteiger partial charge on any atom is -0.424 e. The number of hydrogen-bond acceptors (Lipinski definition) is 7. The molecule has 3 rings (SSSR count). The lowest BCUT2D eigenvalue weighted by atomic mass is 9.93. The molecule has 2 fully saturated rings. The van der Waals surface area contributed by atoms with Gasteiger partial charge in [-0.1, -0.05) is 6.92 Å². The van der Waals surface area contributed by atoms with E-state index in [0.29, 0.717) is 25.1 Å². The van der Waals surface area contributed by atoms with Crippen molar-refractivity contribution in [1.29, 1.82) is 0 Å². The number of likely N-dealkylation sites (tertiary alicyclic amines) is 2. The first kappa shape index (κ1) is 20.2. The molecule has 2 aliphatic heterocycles. The molecule has 2 aliphatic rings. The predicted octanol–water partition coefficient (Wildman–Crippen LogP) is 1.07. The Bertz CT molecular complexity index is 586. The zero-order chi connectivity index (χ0) is 19.1. The molecule has 8 nitrogen and oxygen atoms in total. The van der Waals surface area contributed by atoms with E-state index >= 15 is 0 Å². The van der Waals surface area contributed by atoms with Gasteiger partial charge in [0.1, 0.15) is 0 Å². The first-order valence-corrected chi connectivity index (χ1v) is 10.2. The Morgan fingerprint density at radius 2 is 2.00 bits per heavy atom. The van der Waals surface area contributed by atoms with Crippen LogP contribution in [0.4, 0.5) is 0 Å². The summed E-state index contributed by atoms with van der Waals surface area (Å²) in [4.78, 5) is 17.3. The lowest BCUT2D eigenvalue weighted by molar-refractivity contribution is -0.127. The van der Waals surface area contributed by atoms with E-state index in [9.17, 15) is 4.79 Å². The number of rotatable bonds is 8. The summed E-state index contributed by atoms with van der Waals surface area (Å²) in [6, 6.07) is 0.574. The number of aromatic nitrogens is 2. The number of piperidine rings is 2. The van der Waals surface area contributed by atoms with E-state index in [1.54, 1.807) is 7.11 Å². The molecule has 1 amide bonds. The number of hydrogen-bond donors (Lipinski definition) is 1. The summed E-state index contributed by atoms with van der Waals surface area (Å²) in [6.45, 7) is 7.99. The van der Waals surface area contributed by atoms with Gasteiger partial charge in [-0.25, -0.2) is 0 Å². The van der Waals surface area contributed by atoms with Crippen LogP contribution in [0.25, 0.3) is 0 Å². The number of ether oxygens (including phenoxy) is 1. The molecule has 0 unspecified atom stereocenters. The normalized spacial score (nSPS) is 22.8. The highest BCUT2D eigenvalue weighted by atomic mass is 16.5. The van der Waals surface area contributed by atoms with Gasteiger partial charge in [-0.3, -0.25) is 14.6 Å². The van der Waals surface area contributed by atoms with Gasteiger partial charge >= 0.3 is 0 Å². The number of nitrogens with zero attached hydrogens (tertiary/aromatic N) is 4. The lowest BCUT2D eigenvalue weighted by Crippen LogP contribution is -2.50. The van der Waals surface area contributed by atoms with Gasteiger partial charge in [-0.05, 0) is 32.2 Å². The maximum atomic E-state index is 12.4. The van der Waals surface area contributed by atoms with Gasteiger partial charge in [-0.2, -0.15) is 0 Å². The summed E-state index contributed by atoms with van der Waals surface area (Å²) < 4.78 is 10.6. The quantitative estimate of drug-likeness (QED) is 0.677. The monoisotopic (exact) mass is 379 g/mol. The molecule has 0 aromatic carbocycles. The summed E-state index contributed by atoms with van der Waals surface area (Å²) in [7, 11) is 1.65. The van der Waals surface area contributed by atoms with Gasteiger partial charge in [0.25, 0.3) is 0 Å². The first-order chi connectivity index (χ1) is 13.2. The Morgan fingerprint density at radius 1 is 1.22 bits per heavy atom. The molecule has 1 atom stereocenters. The van der Waals surface area contributed by atoms with E-state index in [1.807, 2.05) is 6.92 Å². The van der Waals surface area contributed by atoms with E-state index < -0.39 is 0 Å². The second-order valence-electron chi connectivity index (χ2n) is 7.57. The second kappa shape index (κ2) is 10.1. The molecular formula is C19H33N5O3. The van der Waals surface area contributed by atoms with Crippen molar-refractivity contribution in [2.45, 2.75) is 51.6 Å². The van der Waals surface area contributed by atoms with Crippen molar-refractivity contribution in [1.82, 2.24) is 25.3 Å². The number of nitrogens with one attached hydrogen (secondary N) is 1. The predicted molar refractivity (Wildman–Crippen MR) is 101 cm³/mol. The number of methoxy groups -OCH3 is 1. The molecule has 2 saturated heterocycles. The summed E-state index contributed by atoms with van der Waals surface area (Å²) >= 11 is 0. The third kappa shape index (κ3) is 5.73. The molecule has 1 aromatic heterocycles. The second-order valence-corrected chi connectivity index (χ2v) is 7.57. The molecule has 0 bridgehead atoms. The van der Waals surface area contributed by atoms with Crippen molar-refractivity contribution in [2.24, 2.45) is 5.92 Å². The van der Waals surface area contributed by atoms with Crippen LogP contribution in [0.5, 0.6) is 0 Å². The molecule has 152 valence electrons. The third-order valence-corrected chi connectivity index (χ3v) is 5.67. The third-order valence-electron chi connectivity index (χ3n) is 5.67. The molecule has 3 heterocycles. The van der Waals surface area contributed by atoms with E-state index in [2.05, 4.69) is 25.3 Å². The molecule has 1 N–H and O–H groups in total. The zero-order valence-corrected chi connectivity index (χ0v) is 16.7. The van der Waals surface area contributed by atoms with Crippen LogP contribution in [0.3, 0.4) is 0 Å². The molecule has 0 radical (unpaired) electrons. The van der Waals surface area contributed by atoms with Crippen LogP contribution in [-0.4, -0.2) is 78.4 Å². The first-order valence-electron chi connectivity index (χ1n) is 10.2. The van der Waals surface area contributed by atoms with Gasteiger partial charge in [0.05, 0.1) is 19.1 Å². The highest BCUT2D eigenvalue weighted by Crippen LogP contribution is 2.24. The molecule has 0 saturated carbocycles. The average molecular weight is 380 g/mol. The van der Waals surface area contributed by atoms with Crippen LogP contribution in [0.2, 0.25) is 0 Å². The SMILES string of the molecule is CCc1nnc(CN2CCC(N3CCC[C@@H](C(=O)NCCOC)C3)CC2)o1. The Hall–Kier alpha value is -1.51. The summed E-state index contributed by atoms with van der Waals surface area (Å²) in [6.07, 6.45) is 5.14. The molecule has 0 spiro atoms. The number of amides is 1. The fourth-order valence-electron chi connectivity index (χ4n) is 4.10. The average Bonchev–Trinajstić information content (AvgIpc) is 3.16. The van der Waals surface area contributed by atoms with Gasteiger partial charge < -0.3 is 14.5 Å². The van der Waals surface area contributed by atoms with E-state index in [1.165, 1.54) is 0 Å². The smallest absolute Gasteiger partial charge is 0.230 e. The fraction of sp³-hybridized carbons (Fsp3) is 0.842. The number of carbonyl (C=O) groups is 1. The molecule has 1 aromatic rings. The van der Waals surface area contributed by atoms with Gasteiger partial charge in [-0.15, -0.1) is 10.2 Å². The fourth-order valence-corrected chi connectivity index (χ4v) is 4.10. The topological polar surface area (TPSA) is 83.7 Å². The molecular weight excluding hydrogens is 346 g/mol. The van der Waals surface area contributed by atoms with Crippen LogP contribution >= 0.6 is 0 Å². The van der Waals surface area contributed by atoms with Crippen molar-refractivity contribution in [3.8, 4) is 0 Å². The summed E-state index contributed by atoms with van der Waals surface area (Å²) in [5, 5.41) is 11.2. The van der Waals surface area contributed by atoms with Crippen molar-refractivity contribution in [3.05, 3.63) is 11.8 Å². The summed E-state index contributed by atoms with van der Waals surface area (Å²) in [5.74, 6) is 1.72. The van der Waals surface area contributed by atoms with Crippen molar-refractivity contribution < 1.29 is 13.9 Å². The molecule has 8 heteroatoms. The minimum atomic E-state index is 0.111. The molecule has 0 aliphatic carbocycles. The maximum absolute atomic E-state index is 12.4. The van der Waals surface area contributed by atoms with E-state index in [-0.39, 0.29) is 11.8 Å². The van der Waals surface area contributed by atoms with Crippen LogP contribution in [-0.2, 0) is 22.5 Å². The van der Waals surface area contributed by atoms with Crippen molar-refractivity contribution in [2.75, 3.05) is 46.4 Å². The minimum absolute atomic E-state index is 0.111. The van der Waals surface area contributed by atoms with E-state index in [0.717, 1.165) is 70.7 Å². The number of carbonyl (C=O) groups excluding carboxylic acids is 1. The summed E-state index contributed by atoms with van der Waals surface area (Å²) in [5.41, 5.74) is 0. The standard InChI is InChI=1S/C19H33N5O3/c1-3-17-21-22-18(27-17)14-23-10-6-16(7-11-23)24-9-4-5-15(13-24)19(25)20-8-12-26-2/h15-16H,3-14H2,1-2H3,(H,20,25)/t15-/m1/s1. The van der Waals surface area contributed by atoms with Gasteiger partial charge in [0.2, 0.25) is 17.7 Å². The highest BCUT2D eigenvalue weighted by molar-refractivity contribution is 5.78. The highest BCUT2D eigenvalue weighted by Gasteiger charge is 2.31. The van der Waals surface area contributed by atoms with Gasteiger partial charge in [0, 0.05) is 45.8 Å². The largest absolute Gasteiger partial charge is 0.424 e. The zero-order valence-electron chi connectivity index (χ0n) is 16.7. The Labute approximate surface area is 161 Å². The van der Waals surface area contributed by atoms with Crippen LogP contribution in [0.15, 0.2) is 4.42 Å². The van der Waals surface area contributed by atoms with Crippen LogP contribution < -0.4 is 5.32 Å². The maximum Gasteiger partial charge on any atom is 0.230 e. The van der Waals surface area contributed by atoms with Gasteiger partial charge in [0.15, 0.2) is 0 Å². The molecule has 27 heavy (non-hydrogen) atoms. The van der Waals surface area contributed by atoms with Crippen molar-refractivity contribution >= 4 is 5.91 Å². The number of aryl methyl sites for hydroxylation is 1. The van der Waals surface area contributed by atoms with Crippen molar-refractivity contribution in [3.63, 3.8) is 0 Å². The Morgan fingerprint density at radius 3 is 2.70 bits per heavy atom. The Kier molecular flexibility index (Phi) is 7.60. The van der Waals surface area contributed by atoms with Crippen LogP contribution in [0, 0.1) is 5.92 Å². The van der Waals surface area contributed by atoms with E-state index in [4.69, 9.17) is 9.15 Å². The Balaban J connectivity index is 1.42.